The van der Waals surface area contributed by atoms with Gasteiger partial charge in [0, 0.05) is 9.77 Å². The quantitative estimate of drug-likeness (QED) is 0.943. The molecule has 1 unspecified atom stereocenters. The highest BCUT2D eigenvalue weighted by Crippen LogP contribution is 2.24. The lowest BCUT2D eigenvalue weighted by Gasteiger charge is -2.02. The Morgan fingerprint density at radius 3 is 2.74 bits per heavy atom. The summed E-state index contributed by atoms with van der Waals surface area (Å²) in [5, 5.41) is 8.90. The molecule has 0 spiro atoms. The molecule has 0 saturated heterocycles. The van der Waals surface area contributed by atoms with Crippen LogP contribution in [0.15, 0.2) is 35.2 Å². The molecule has 0 saturated carbocycles. The number of carbonyl (C=O) groups is 1. The monoisotopic (exact) mass is 298 g/mol. The van der Waals surface area contributed by atoms with Crippen LogP contribution in [0.3, 0.4) is 0 Å². The summed E-state index contributed by atoms with van der Waals surface area (Å²) in [6.45, 7) is 1.79. The van der Waals surface area contributed by atoms with Crippen LogP contribution in [0.25, 0.3) is 0 Å². The van der Waals surface area contributed by atoms with Crippen LogP contribution in [0.5, 0.6) is 0 Å². The third-order valence-corrected chi connectivity index (χ3v) is 5.01. The van der Waals surface area contributed by atoms with Crippen LogP contribution in [0.1, 0.15) is 20.1 Å². The van der Waals surface area contributed by atoms with Crippen molar-refractivity contribution in [2.75, 3.05) is 0 Å². The van der Waals surface area contributed by atoms with E-state index in [4.69, 9.17) is 5.11 Å². The van der Waals surface area contributed by atoms with Crippen molar-refractivity contribution in [3.8, 4) is 0 Å². The zero-order valence-corrected chi connectivity index (χ0v) is 11.7. The Hall–Kier alpha value is -1.53. The van der Waals surface area contributed by atoms with E-state index in [-0.39, 0.29) is 10.6 Å². The van der Waals surface area contributed by atoms with E-state index in [0.717, 1.165) is 21.8 Å². The Bertz CT molecular complexity index is 649. The van der Waals surface area contributed by atoms with Gasteiger partial charge in [-0.1, -0.05) is 6.07 Å². The van der Waals surface area contributed by atoms with Crippen molar-refractivity contribution in [2.24, 2.45) is 0 Å². The second-order valence-electron chi connectivity index (χ2n) is 3.94. The van der Waals surface area contributed by atoms with Gasteiger partial charge in [0.25, 0.3) is 0 Å². The molecule has 0 aliphatic heterocycles. The fourth-order valence-electron chi connectivity index (χ4n) is 1.60. The molecule has 6 heteroatoms. The maximum absolute atomic E-state index is 13.0. The molecule has 3 nitrogen and oxygen atoms in total. The molecule has 1 aromatic heterocycles. The first kappa shape index (κ1) is 13.9. The van der Waals surface area contributed by atoms with E-state index in [9.17, 15) is 13.4 Å². The summed E-state index contributed by atoms with van der Waals surface area (Å²) >= 11 is 1.15. The number of hydrogen-bond donors (Lipinski definition) is 1. The molecule has 1 aromatic carbocycles. The topological polar surface area (TPSA) is 54.4 Å². The summed E-state index contributed by atoms with van der Waals surface area (Å²) in [6, 6.07) is 7.15. The number of hydrogen-bond acceptors (Lipinski definition) is 3. The van der Waals surface area contributed by atoms with Gasteiger partial charge in [0.1, 0.15) is 10.7 Å². The Kier molecular flexibility index (Phi) is 4.11. The molecule has 1 heterocycles. The predicted molar refractivity (Wildman–Crippen MR) is 72.5 cm³/mol. The normalized spacial score (nSPS) is 12.3. The Morgan fingerprint density at radius 2 is 2.16 bits per heavy atom. The van der Waals surface area contributed by atoms with Crippen molar-refractivity contribution in [2.45, 2.75) is 17.6 Å². The summed E-state index contributed by atoms with van der Waals surface area (Å²) in [5.74, 6) is -1.23. The first-order valence-electron chi connectivity index (χ1n) is 5.44. The van der Waals surface area contributed by atoms with Crippen LogP contribution in [0.4, 0.5) is 4.39 Å². The molecule has 2 aromatic rings. The van der Waals surface area contributed by atoms with E-state index in [1.54, 1.807) is 13.0 Å². The molecule has 100 valence electrons. The van der Waals surface area contributed by atoms with Crippen molar-refractivity contribution >= 4 is 28.1 Å². The van der Waals surface area contributed by atoms with Crippen molar-refractivity contribution < 1.29 is 18.5 Å². The van der Waals surface area contributed by atoms with Crippen LogP contribution >= 0.6 is 11.3 Å². The number of carboxylic acids is 1. The van der Waals surface area contributed by atoms with Gasteiger partial charge in [-0.15, -0.1) is 11.3 Å². The fraction of sp³-hybridized carbons (Fsp3) is 0.154. The van der Waals surface area contributed by atoms with Gasteiger partial charge in [0.15, 0.2) is 0 Å². The Balaban J connectivity index is 2.21. The summed E-state index contributed by atoms with van der Waals surface area (Å²) < 4.78 is 25.1. The molecule has 19 heavy (non-hydrogen) atoms. The summed E-state index contributed by atoms with van der Waals surface area (Å²) in [5.41, 5.74) is 0.727. The number of aryl methyl sites for hydroxylation is 1. The highest BCUT2D eigenvalue weighted by atomic mass is 32.2. The van der Waals surface area contributed by atoms with Gasteiger partial charge in [0.2, 0.25) is 0 Å². The summed E-state index contributed by atoms with van der Waals surface area (Å²) in [6.07, 6.45) is 0. The third kappa shape index (κ3) is 3.27. The van der Waals surface area contributed by atoms with Gasteiger partial charge in [-0.3, -0.25) is 4.21 Å². The molecule has 1 N–H and O–H groups in total. The molecule has 0 fully saturated rings. The van der Waals surface area contributed by atoms with E-state index in [1.165, 1.54) is 24.3 Å². The van der Waals surface area contributed by atoms with Crippen molar-refractivity contribution in [3.05, 3.63) is 51.5 Å². The fourth-order valence-corrected chi connectivity index (χ4v) is 3.80. The number of rotatable bonds is 4. The number of halogens is 1. The van der Waals surface area contributed by atoms with E-state index in [0.29, 0.717) is 4.90 Å². The van der Waals surface area contributed by atoms with Gasteiger partial charge in [-0.2, -0.15) is 0 Å². The number of aromatic carboxylic acids is 1. The minimum absolute atomic E-state index is 0.194. The van der Waals surface area contributed by atoms with Crippen LogP contribution < -0.4 is 0 Å². The van der Waals surface area contributed by atoms with Gasteiger partial charge in [0.05, 0.1) is 16.6 Å². The largest absolute Gasteiger partial charge is 0.477 e. The SMILES string of the molecule is Cc1sc(C(=O)O)cc1CS(=O)c1cccc(F)c1. The molecule has 0 aliphatic carbocycles. The summed E-state index contributed by atoms with van der Waals surface area (Å²) in [7, 11) is -1.38. The minimum Gasteiger partial charge on any atom is -0.477 e. The Morgan fingerprint density at radius 1 is 1.42 bits per heavy atom. The van der Waals surface area contributed by atoms with E-state index in [1.807, 2.05) is 0 Å². The number of thiophene rings is 1. The van der Waals surface area contributed by atoms with Crippen LogP contribution in [-0.2, 0) is 16.6 Å². The Labute approximate surface area is 116 Å². The zero-order chi connectivity index (χ0) is 14.0. The average Bonchev–Trinajstić information content (AvgIpc) is 2.71. The second-order valence-corrected chi connectivity index (χ2v) is 6.65. The lowest BCUT2D eigenvalue weighted by Crippen LogP contribution is -1.97. The van der Waals surface area contributed by atoms with E-state index in [2.05, 4.69) is 0 Å². The van der Waals surface area contributed by atoms with Crippen molar-refractivity contribution in [3.63, 3.8) is 0 Å². The molecule has 0 bridgehead atoms. The molecule has 0 radical (unpaired) electrons. The number of benzene rings is 1. The van der Waals surface area contributed by atoms with Crippen LogP contribution in [-0.4, -0.2) is 15.3 Å². The highest BCUT2D eigenvalue weighted by molar-refractivity contribution is 7.84. The van der Waals surface area contributed by atoms with E-state index < -0.39 is 22.6 Å². The highest BCUT2D eigenvalue weighted by Gasteiger charge is 2.14. The maximum atomic E-state index is 13.0. The zero-order valence-electron chi connectivity index (χ0n) is 10.1. The maximum Gasteiger partial charge on any atom is 0.345 e. The third-order valence-electron chi connectivity index (χ3n) is 2.58. The van der Waals surface area contributed by atoms with Crippen LogP contribution in [0, 0.1) is 12.7 Å². The first-order chi connectivity index (χ1) is 8.97. The molecule has 0 aliphatic rings. The van der Waals surface area contributed by atoms with Gasteiger partial charge in [-0.25, -0.2) is 9.18 Å². The number of carboxylic acid groups (broad SMARTS) is 1. The second kappa shape index (κ2) is 5.63. The van der Waals surface area contributed by atoms with Gasteiger partial charge < -0.3 is 5.11 Å². The van der Waals surface area contributed by atoms with Gasteiger partial charge >= 0.3 is 5.97 Å². The van der Waals surface area contributed by atoms with E-state index >= 15 is 0 Å². The molecular formula is C13H11FO3S2. The molecular weight excluding hydrogens is 287 g/mol. The standard InChI is InChI=1S/C13H11FO3S2/c1-8-9(5-12(18-8)13(15)16)7-19(17)11-4-2-3-10(14)6-11/h2-6H,7H2,1H3,(H,15,16). The molecule has 0 amide bonds. The molecule has 2 rings (SSSR count). The summed E-state index contributed by atoms with van der Waals surface area (Å²) in [4.78, 5) is 12.3. The van der Waals surface area contributed by atoms with Crippen molar-refractivity contribution in [1.82, 2.24) is 0 Å². The lowest BCUT2D eigenvalue weighted by atomic mass is 10.3. The van der Waals surface area contributed by atoms with Crippen molar-refractivity contribution in [1.29, 1.82) is 0 Å². The average molecular weight is 298 g/mol. The van der Waals surface area contributed by atoms with Crippen LogP contribution in [0.2, 0.25) is 0 Å². The smallest absolute Gasteiger partial charge is 0.345 e. The molecule has 1 atom stereocenters. The predicted octanol–water partition coefficient (Wildman–Crippen LogP) is 3.20. The first-order valence-corrected chi connectivity index (χ1v) is 7.57. The minimum atomic E-state index is -1.38. The van der Waals surface area contributed by atoms with Gasteiger partial charge in [-0.05, 0) is 36.8 Å². The lowest BCUT2D eigenvalue weighted by molar-refractivity contribution is 0.0702.